The fourth-order valence-electron chi connectivity index (χ4n) is 3.37. The summed E-state index contributed by atoms with van der Waals surface area (Å²) in [6.07, 6.45) is 1.47. The van der Waals surface area contributed by atoms with Crippen LogP contribution in [0.5, 0.6) is 0 Å². The monoisotopic (exact) mass is 468 g/mol. The summed E-state index contributed by atoms with van der Waals surface area (Å²) in [6.45, 7) is 1.55. The molecule has 0 aliphatic heterocycles. The van der Waals surface area contributed by atoms with Gasteiger partial charge in [0, 0.05) is 12.8 Å². The Bertz CT molecular complexity index is 952. The van der Waals surface area contributed by atoms with E-state index in [0.717, 1.165) is 17.5 Å². The van der Waals surface area contributed by atoms with E-state index in [2.05, 4.69) is 16.0 Å². The standard InChI is InChI=1S/C25H32N4O5/c1-2-9-19(26)23(31)27-16-22(30)28-20(14-17-10-5-3-6-11-17)24(32)29-21(25(33)34)15-18-12-7-4-8-13-18/h3-8,10-13,19-21H,2,9,14-16,26H2,1H3,(H,27,31)(H,28,30)(H,29,32)(H,33,34). The maximum atomic E-state index is 13.0. The number of hydrogen-bond acceptors (Lipinski definition) is 5. The lowest BCUT2D eigenvalue weighted by Crippen LogP contribution is -2.54. The van der Waals surface area contributed by atoms with Gasteiger partial charge in [0.2, 0.25) is 17.7 Å². The van der Waals surface area contributed by atoms with E-state index in [9.17, 15) is 24.3 Å². The van der Waals surface area contributed by atoms with Crippen molar-refractivity contribution in [3.05, 3.63) is 71.8 Å². The zero-order valence-corrected chi connectivity index (χ0v) is 19.2. The van der Waals surface area contributed by atoms with Gasteiger partial charge in [-0.05, 0) is 17.5 Å². The first-order valence-corrected chi connectivity index (χ1v) is 11.2. The SMILES string of the molecule is CCCC(N)C(=O)NCC(=O)NC(Cc1ccccc1)C(=O)NC(Cc1ccccc1)C(=O)O. The molecule has 2 aromatic rings. The van der Waals surface area contributed by atoms with Gasteiger partial charge in [-0.25, -0.2) is 4.79 Å². The largest absolute Gasteiger partial charge is 0.480 e. The maximum absolute atomic E-state index is 13.0. The van der Waals surface area contributed by atoms with Gasteiger partial charge in [-0.1, -0.05) is 74.0 Å². The van der Waals surface area contributed by atoms with Gasteiger partial charge in [0.05, 0.1) is 12.6 Å². The molecule has 0 saturated heterocycles. The number of aliphatic carboxylic acids is 1. The predicted octanol–water partition coefficient (Wildman–Crippen LogP) is 0.770. The number of hydrogen-bond donors (Lipinski definition) is 5. The molecule has 0 aliphatic rings. The van der Waals surface area contributed by atoms with Crippen LogP contribution in [-0.2, 0) is 32.0 Å². The van der Waals surface area contributed by atoms with Crippen LogP contribution >= 0.6 is 0 Å². The minimum Gasteiger partial charge on any atom is -0.480 e. The van der Waals surface area contributed by atoms with E-state index in [0.29, 0.717) is 6.42 Å². The summed E-state index contributed by atoms with van der Waals surface area (Å²) in [7, 11) is 0. The van der Waals surface area contributed by atoms with Crippen LogP contribution in [0, 0.1) is 0 Å². The van der Waals surface area contributed by atoms with Gasteiger partial charge in [0.1, 0.15) is 12.1 Å². The molecule has 0 aliphatic carbocycles. The Hall–Kier alpha value is -3.72. The van der Waals surface area contributed by atoms with E-state index < -0.39 is 41.8 Å². The first-order valence-electron chi connectivity index (χ1n) is 11.2. The van der Waals surface area contributed by atoms with Gasteiger partial charge in [0.25, 0.3) is 0 Å². The summed E-state index contributed by atoms with van der Waals surface area (Å²) in [5.74, 6) is -2.84. The second-order valence-electron chi connectivity index (χ2n) is 8.01. The van der Waals surface area contributed by atoms with Crippen molar-refractivity contribution in [3.63, 3.8) is 0 Å². The molecule has 0 radical (unpaired) electrons. The summed E-state index contributed by atoms with van der Waals surface area (Å²) in [5, 5.41) is 17.2. The third kappa shape index (κ3) is 9.03. The Labute approximate surface area is 199 Å². The van der Waals surface area contributed by atoms with Crippen molar-refractivity contribution in [1.82, 2.24) is 16.0 Å². The van der Waals surface area contributed by atoms with Crippen molar-refractivity contribution in [3.8, 4) is 0 Å². The minimum atomic E-state index is -1.18. The molecule has 0 aromatic heterocycles. The molecule has 9 nitrogen and oxygen atoms in total. The fourth-order valence-corrected chi connectivity index (χ4v) is 3.37. The van der Waals surface area contributed by atoms with E-state index in [1.165, 1.54) is 0 Å². The highest BCUT2D eigenvalue weighted by Gasteiger charge is 2.27. The summed E-state index contributed by atoms with van der Waals surface area (Å²) in [4.78, 5) is 49.3. The van der Waals surface area contributed by atoms with E-state index in [-0.39, 0.29) is 19.4 Å². The van der Waals surface area contributed by atoms with Crippen molar-refractivity contribution in [1.29, 1.82) is 0 Å². The lowest BCUT2D eigenvalue weighted by Gasteiger charge is -2.22. The average Bonchev–Trinajstić information content (AvgIpc) is 2.83. The number of carbonyl (C=O) groups is 4. The minimum absolute atomic E-state index is 0.0965. The van der Waals surface area contributed by atoms with Gasteiger partial charge < -0.3 is 26.8 Å². The molecule has 6 N–H and O–H groups in total. The zero-order valence-electron chi connectivity index (χ0n) is 19.2. The van der Waals surface area contributed by atoms with Crippen LogP contribution in [-0.4, -0.2) is 53.5 Å². The van der Waals surface area contributed by atoms with Crippen molar-refractivity contribution >= 4 is 23.7 Å². The van der Waals surface area contributed by atoms with Crippen molar-refractivity contribution in [2.24, 2.45) is 5.73 Å². The Kier molecular flexibility index (Phi) is 10.7. The van der Waals surface area contributed by atoms with Crippen LogP contribution in [0.2, 0.25) is 0 Å². The second-order valence-corrected chi connectivity index (χ2v) is 8.01. The number of rotatable bonds is 13. The highest BCUT2D eigenvalue weighted by molar-refractivity contribution is 5.92. The highest BCUT2D eigenvalue weighted by atomic mass is 16.4. The lowest BCUT2D eigenvalue weighted by atomic mass is 10.0. The van der Waals surface area contributed by atoms with Crippen LogP contribution in [0.15, 0.2) is 60.7 Å². The van der Waals surface area contributed by atoms with Crippen LogP contribution in [0.25, 0.3) is 0 Å². The lowest BCUT2D eigenvalue weighted by molar-refractivity contribution is -0.142. The van der Waals surface area contributed by atoms with Gasteiger partial charge >= 0.3 is 5.97 Å². The Balaban J connectivity index is 2.07. The topological polar surface area (TPSA) is 151 Å². The molecular weight excluding hydrogens is 436 g/mol. The first-order chi connectivity index (χ1) is 16.3. The number of amides is 3. The van der Waals surface area contributed by atoms with E-state index in [1.54, 1.807) is 48.5 Å². The van der Waals surface area contributed by atoms with Crippen LogP contribution < -0.4 is 21.7 Å². The third-order valence-electron chi connectivity index (χ3n) is 5.19. The first kappa shape index (κ1) is 26.5. The summed E-state index contributed by atoms with van der Waals surface area (Å²) >= 11 is 0. The van der Waals surface area contributed by atoms with Gasteiger partial charge in [-0.3, -0.25) is 14.4 Å². The number of carboxylic acid groups (broad SMARTS) is 1. The molecule has 0 saturated carbocycles. The van der Waals surface area contributed by atoms with E-state index in [4.69, 9.17) is 5.73 Å². The van der Waals surface area contributed by atoms with E-state index in [1.807, 2.05) is 19.1 Å². The molecule has 9 heteroatoms. The number of nitrogens with one attached hydrogen (secondary N) is 3. The third-order valence-corrected chi connectivity index (χ3v) is 5.19. The van der Waals surface area contributed by atoms with Crippen molar-refractivity contribution in [2.45, 2.75) is 50.7 Å². The normalized spacial score (nSPS) is 13.2. The van der Waals surface area contributed by atoms with Crippen LogP contribution in [0.4, 0.5) is 0 Å². The molecule has 0 heterocycles. The molecule has 0 fully saturated rings. The molecule has 0 spiro atoms. The summed E-state index contributed by atoms with van der Waals surface area (Å²) in [5.41, 5.74) is 7.29. The Morgan fingerprint density at radius 1 is 0.824 bits per heavy atom. The number of carbonyl (C=O) groups excluding carboxylic acids is 3. The second kappa shape index (κ2) is 13.7. The number of carboxylic acids is 1. The molecule has 0 bridgehead atoms. The van der Waals surface area contributed by atoms with Crippen molar-refractivity contribution < 1.29 is 24.3 Å². The molecule has 2 aromatic carbocycles. The van der Waals surface area contributed by atoms with Crippen LogP contribution in [0.1, 0.15) is 30.9 Å². The van der Waals surface area contributed by atoms with Crippen molar-refractivity contribution in [2.75, 3.05) is 6.54 Å². The molecule has 2 rings (SSSR count). The average molecular weight is 469 g/mol. The quantitative estimate of drug-likeness (QED) is 0.293. The van der Waals surface area contributed by atoms with Gasteiger partial charge in [0.15, 0.2) is 0 Å². The molecule has 3 unspecified atom stereocenters. The predicted molar refractivity (Wildman–Crippen MR) is 128 cm³/mol. The van der Waals surface area contributed by atoms with E-state index >= 15 is 0 Å². The van der Waals surface area contributed by atoms with Gasteiger partial charge in [-0.15, -0.1) is 0 Å². The molecular formula is C25H32N4O5. The number of benzene rings is 2. The Morgan fingerprint density at radius 3 is 1.85 bits per heavy atom. The fraction of sp³-hybridized carbons (Fsp3) is 0.360. The highest BCUT2D eigenvalue weighted by Crippen LogP contribution is 2.07. The molecule has 3 amide bonds. The summed E-state index contributed by atoms with van der Waals surface area (Å²) < 4.78 is 0. The molecule has 3 atom stereocenters. The van der Waals surface area contributed by atoms with Gasteiger partial charge in [-0.2, -0.15) is 0 Å². The summed E-state index contributed by atoms with van der Waals surface area (Å²) in [6, 6.07) is 15.1. The number of nitrogens with two attached hydrogens (primary N) is 1. The Morgan fingerprint density at radius 2 is 1.35 bits per heavy atom. The molecule has 34 heavy (non-hydrogen) atoms. The smallest absolute Gasteiger partial charge is 0.326 e. The zero-order chi connectivity index (χ0) is 24.9. The van der Waals surface area contributed by atoms with Crippen LogP contribution in [0.3, 0.4) is 0 Å². The maximum Gasteiger partial charge on any atom is 0.326 e. The molecule has 182 valence electrons.